The van der Waals surface area contributed by atoms with Gasteiger partial charge in [-0.1, -0.05) is 12.1 Å². The number of benzene rings is 1. The highest BCUT2D eigenvalue weighted by molar-refractivity contribution is 6.10. The second-order valence-electron chi connectivity index (χ2n) is 12.2. The first kappa shape index (κ1) is 27.5. The van der Waals surface area contributed by atoms with Crippen LogP contribution in [0.1, 0.15) is 72.9 Å². The predicted molar refractivity (Wildman–Crippen MR) is 148 cm³/mol. The lowest BCUT2D eigenvalue weighted by atomic mass is 9.80. The van der Waals surface area contributed by atoms with E-state index in [1.54, 1.807) is 47.7 Å². The van der Waals surface area contributed by atoms with E-state index in [1.165, 1.54) is 0 Å². The average molecular weight is 522 g/mol. The standard InChI is InChI=1S/C29H39N5O4/c1-28(2,3)37-26(35)34(27(36)38-29(4,5)6)17-18-13-20(14-18)31-15-21(25(30)19-11-12-19)24-16-32-22-9-7-8-10-23(22)33-24/h7-10,15-16,18-20H,11-14,17,30H2,1-6H3. The van der Waals surface area contributed by atoms with Crippen molar-refractivity contribution in [2.75, 3.05) is 6.54 Å². The molecule has 204 valence electrons. The van der Waals surface area contributed by atoms with Crippen molar-refractivity contribution in [3.63, 3.8) is 0 Å². The van der Waals surface area contributed by atoms with Crippen molar-refractivity contribution < 1.29 is 19.1 Å². The summed E-state index contributed by atoms with van der Waals surface area (Å²) in [5.74, 6) is 0.459. The van der Waals surface area contributed by atoms with E-state index >= 15 is 0 Å². The molecule has 0 unspecified atom stereocenters. The minimum absolute atomic E-state index is 0.0644. The Morgan fingerprint density at radius 3 is 2.16 bits per heavy atom. The van der Waals surface area contributed by atoms with Crippen molar-refractivity contribution in [3.8, 4) is 0 Å². The van der Waals surface area contributed by atoms with E-state index < -0.39 is 23.4 Å². The number of amides is 2. The average Bonchev–Trinajstić information content (AvgIpc) is 3.62. The third-order valence-electron chi connectivity index (χ3n) is 6.35. The van der Waals surface area contributed by atoms with Gasteiger partial charge in [0, 0.05) is 24.0 Å². The fourth-order valence-corrected chi connectivity index (χ4v) is 4.26. The van der Waals surface area contributed by atoms with Gasteiger partial charge in [-0.25, -0.2) is 19.5 Å². The van der Waals surface area contributed by atoms with Gasteiger partial charge in [-0.05, 0) is 91.2 Å². The number of hydrogen-bond donors (Lipinski definition) is 1. The molecule has 2 amide bonds. The summed E-state index contributed by atoms with van der Waals surface area (Å²) in [7, 11) is 0. The molecule has 2 aromatic rings. The van der Waals surface area contributed by atoms with Gasteiger partial charge in [-0.15, -0.1) is 0 Å². The Labute approximate surface area is 224 Å². The molecule has 38 heavy (non-hydrogen) atoms. The summed E-state index contributed by atoms with van der Waals surface area (Å²) in [6, 6.07) is 7.81. The third-order valence-corrected chi connectivity index (χ3v) is 6.35. The topological polar surface area (TPSA) is 120 Å². The Hall–Kier alpha value is -3.49. The highest BCUT2D eigenvalue weighted by Gasteiger charge is 2.37. The van der Waals surface area contributed by atoms with Crippen LogP contribution < -0.4 is 5.73 Å². The van der Waals surface area contributed by atoms with Gasteiger partial charge in [0.05, 0.1) is 29.0 Å². The molecule has 9 heteroatoms. The molecule has 2 N–H and O–H groups in total. The number of aliphatic imine (C=N–C) groups is 1. The van der Waals surface area contributed by atoms with Gasteiger partial charge in [-0.2, -0.15) is 0 Å². The molecule has 1 aromatic heterocycles. The quantitative estimate of drug-likeness (QED) is 0.482. The van der Waals surface area contributed by atoms with Gasteiger partial charge in [0.25, 0.3) is 0 Å². The number of carbonyl (C=O) groups is 2. The molecule has 0 atom stereocenters. The number of nitrogens with two attached hydrogens (primary N) is 1. The second-order valence-corrected chi connectivity index (χ2v) is 12.2. The van der Waals surface area contributed by atoms with Gasteiger partial charge >= 0.3 is 12.2 Å². The van der Waals surface area contributed by atoms with Crippen LogP contribution in [0, 0.1) is 11.8 Å². The van der Waals surface area contributed by atoms with Crippen LogP contribution in [0.4, 0.5) is 9.59 Å². The van der Waals surface area contributed by atoms with Crippen LogP contribution in [0.2, 0.25) is 0 Å². The first-order valence-corrected chi connectivity index (χ1v) is 13.3. The number of allylic oxidation sites excluding steroid dienone is 2. The molecule has 2 saturated carbocycles. The van der Waals surface area contributed by atoms with Crippen LogP contribution in [0.5, 0.6) is 0 Å². The van der Waals surface area contributed by atoms with Crippen LogP contribution in [-0.2, 0) is 9.47 Å². The van der Waals surface area contributed by atoms with Crippen LogP contribution in [0.25, 0.3) is 16.6 Å². The molecule has 9 nitrogen and oxygen atoms in total. The van der Waals surface area contributed by atoms with Crippen LogP contribution in [0.3, 0.4) is 0 Å². The molecule has 2 fully saturated rings. The number of ether oxygens (including phenoxy) is 2. The number of imide groups is 1. The van der Waals surface area contributed by atoms with Gasteiger partial charge in [0.2, 0.25) is 0 Å². The monoisotopic (exact) mass is 521 g/mol. The summed E-state index contributed by atoms with van der Waals surface area (Å²) < 4.78 is 10.9. The second kappa shape index (κ2) is 10.7. The molecule has 0 radical (unpaired) electrons. The van der Waals surface area contributed by atoms with Gasteiger partial charge in [-0.3, -0.25) is 9.98 Å². The van der Waals surface area contributed by atoms with Gasteiger partial charge in [0.1, 0.15) is 11.2 Å². The van der Waals surface area contributed by atoms with Crippen LogP contribution in [0.15, 0.2) is 41.2 Å². The lowest BCUT2D eigenvalue weighted by Crippen LogP contribution is -2.48. The molecule has 2 aliphatic carbocycles. The van der Waals surface area contributed by atoms with Crippen LogP contribution in [-0.4, -0.2) is 57.1 Å². The maximum Gasteiger partial charge on any atom is 0.419 e. The van der Waals surface area contributed by atoms with Crippen molar-refractivity contribution in [1.82, 2.24) is 14.9 Å². The number of nitrogens with zero attached hydrogens (tertiary/aromatic N) is 4. The van der Waals surface area contributed by atoms with E-state index in [2.05, 4.69) is 4.98 Å². The zero-order valence-corrected chi connectivity index (χ0v) is 23.2. The van der Waals surface area contributed by atoms with Crippen molar-refractivity contribution in [2.45, 2.75) is 84.5 Å². The molecule has 1 heterocycles. The molecule has 1 aromatic carbocycles. The Balaban J connectivity index is 1.44. The van der Waals surface area contributed by atoms with Crippen molar-refractivity contribution >= 4 is 35.0 Å². The number of fused-ring (bicyclic) bond motifs is 1. The molecular formula is C29H39N5O4. The number of carbonyl (C=O) groups excluding carboxylic acids is 2. The fraction of sp³-hybridized carbons (Fsp3) is 0.552. The van der Waals surface area contributed by atoms with E-state index in [1.807, 2.05) is 30.5 Å². The summed E-state index contributed by atoms with van der Waals surface area (Å²) in [5, 5.41) is 0. The number of hydrogen-bond acceptors (Lipinski definition) is 8. The largest absolute Gasteiger partial charge is 0.443 e. The Morgan fingerprint density at radius 1 is 1.03 bits per heavy atom. The zero-order valence-electron chi connectivity index (χ0n) is 23.2. The summed E-state index contributed by atoms with van der Waals surface area (Å²) in [4.78, 5) is 40.8. The van der Waals surface area contributed by atoms with E-state index in [-0.39, 0.29) is 18.5 Å². The molecule has 4 rings (SSSR count). The number of para-hydroxylation sites is 2. The molecule has 0 spiro atoms. The zero-order chi connectivity index (χ0) is 27.7. The Morgan fingerprint density at radius 2 is 1.61 bits per heavy atom. The summed E-state index contributed by atoms with van der Waals surface area (Å²) in [6.45, 7) is 10.8. The first-order valence-electron chi connectivity index (χ1n) is 13.3. The highest BCUT2D eigenvalue weighted by Crippen LogP contribution is 2.37. The van der Waals surface area contributed by atoms with E-state index in [0.29, 0.717) is 11.6 Å². The SMILES string of the molecule is CC(C)(C)OC(=O)N(CC1CC(N=CC(=C(N)C2CC2)c2cnc3ccccc3n2)C1)C(=O)OC(C)(C)C. The normalized spacial score (nSPS) is 20.6. The van der Waals surface area contributed by atoms with Gasteiger partial charge in [0.15, 0.2) is 0 Å². The lowest BCUT2D eigenvalue weighted by Gasteiger charge is -2.36. The molecule has 0 bridgehead atoms. The summed E-state index contributed by atoms with van der Waals surface area (Å²) in [6.07, 6.45) is 5.79. The Bertz CT molecular complexity index is 1220. The first-order chi connectivity index (χ1) is 17.8. The van der Waals surface area contributed by atoms with Crippen molar-refractivity contribution in [1.29, 1.82) is 0 Å². The minimum atomic E-state index is -0.723. The van der Waals surface area contributed by atoms with Crippen molar-refractivity contribution in [2.24, 2.45) is 22.6 Å². The smallest absolute Gasteiger partial charge is 0.419 e. The molecule has 0 saturated heterocycles. The maximum atomic E-state index is 12.8. The number of aromatic nitrogens is 2. The third kappa shape index (κ3) is 7.30. The molecule has 0 aliphatic heterocycles. The predicted octanol–water partition coefficient (Wildman–Crippen LogP) is 5.73. The lowest BCUT2D eigenvalue weighted by molar-refractivity contribution is -0.00460. The molecule has 2 aliphatic rings. The van der Waals surface area contributed by atoms with Crippen molar-refractivity contribution in [3.05, 3.63) is 41.9 Å². The summed E-state index contributed by atoms with van der Waals surface area (Å²) in [5.41, 5.74) is 9.05. The Kier molecular flexibility index (Phi) is 7.76. The summed E-state index contributed by atoms with van der Waals surface area (Å²) >= 11 is 0. The van der Waals surface area contributed by atoms with E-state index in [0.717, 1.165) is 52.9 Å². The highest BCUT2D eigenvalue weighted by atomic mass is 16.6. The van der Waals surface area contributed by atoms with E-state index in [9.17, 15) is 9.59 Å². The number of rotatable bonds is 6. The van der Waals surface area contributed by atoms with E-state index in [4.69, 9.17) is 25.2 Å². The fourth-order valence-electron chi connectivity index (χ4n) is 4.26. The van der Waals surface area contributed by atoms with Crippen LogP contribution >= 0.6 is 0 Å². The maximum absolute atomic E-state index is 12.8. The minimum Gasteiger partial charge on any atom is -0.443 e. The molecular weight excluding hydrogens is 482 g/mol. The van der Waals surface area contributed by atoms with Gasteiger partial charge < -0.3 is 15.2 Å².